The molecule has 2 nitrogen and oxygen atoms in total. The van der Waals surface area contributed by atoms with Crippen molar-refractivity contribution in [2.75, 3.05) is 0 Å². The van der Waals surface area contributed by atoms with Gasteiger partial charge in [0, 0.05) is 15.6 Å². The summed E-state index contributed by atoms with van der Waals surface area (Å²) in [5, 5.41) is 1.27. The van der Waals surface area contributed by atoms with Gasteiger partial charge in [0.1, 0.15) is 0 Å². The largest absolute Gasteiger partial charge is 0.472 e. The summed E-state index contributed by atoms with van der Waals surface area (Å²) in [6, 6.07) is 12.6. The second kappa shape index (κ2) is 4.35. The second-order valence-electron chi connectivity index (χ2n) is 4.13. The lowest BCUT2D eigenvalue weighted by molar-refractivity contribution is 0.561. The summed E-state index contributed by atoms with van der Waals surface area (Å²) >= 11 is 1.77. The molecule has 0 fully saturated rings. The van der Waals surface area contributed by atoms with Crippen molar-refractivity contribution < 1.29 is 4.42 Å². The van der Waals surface area contributed by atoms with Gasteiger partial charge in [-0.15, -0.1) is 11.3 Å². The van der Waals surface area contributed by atoms with Gasteiger partial charge in [-0.05, 0) is 35.6 Å². The van der Waals surface area contributed by atoms with Crippen molar-refractivity contribution in [2.24, 2.45) is 5.73 Å². The molecule has 0 saturated carbocycles. The molecule has 0 aliphatic carbocycles. The molecule has 3 heteroatoms. The van der Waals surface area contributed by atoms with Gasteiger partial charge in [0.25, 0.3) is 0 Å². The monoisotopic (exact) mass is 243 g/mol. The Labute approximate surface area is 104 Å². The Balaban J connectivity index is 1.88. The predicted octanol–water partition coefficient (Wildman–Crippen LogP) is 3.74. The molecule has 2 aromatic heterocycles. The van der Waals surface area contributed by atoms with Crippen LogP contribution in [0.25, 0.3) is 10.1 Å². The van der Waals surface area contributed by atoms with Gasteiger partial charge in [0.2, 0.25) is 0 Å². The standard InChI is InChI=1S/C14H13NOS/c15-12(7-10-5-6-16-9-10)14-8-11-3-1-2-4-13(11)17-14/h1-6,8-9,12H,7,15H2. The molecule has 86 valence electrons. The lowest BCUT2D eigenvalue weighted by Crippen LogP contribution is -2.11. The van der Waals surface area contributed by atoms with Gasteiger partial charge in [-0.25, -0.2) is 0 Å². The summed E-state index contributed by atoms with van der Waals surface area (Å²) in [6.45, 7) is 0. The zero-order chi connectivity index (χ0) is 11.7. The third-order valence-corrected chi connectivity index (χ3v) is 4.09. The highest BCUT2D eigenvalue weighted by molar-refractivity contribution is 7.19. The Bertz CT molecular complexity index is 579. The molecule has 0 saturated heterocycles. The lowest BCUT2D eigenvalue weighted by Gasteiger charge is -2.06. The topological polar surface area (TPSA) is 39.2 Å². The van der Waals surface area contributed by atoms with Crippen LogP contribution in [0.2, 0.25) is 0 Å². The third kappa shape index (κ3) is 2.12. The number of rotatable bonds is 3. The Morgan fingerprint density at radius 2 is 2.12 bits per heavy atom. The van der Waals surface area contributed by atoms with Crippen molar-refractivity contribution >= 4 is 21.4 Å². The molecule has 0 amide bonds. The summed E-state index contributed by atoms with van der Waals surface area (Å²) in [7, 11) is 0. The fourth-order valence-electron chi connectivity index (χ4n) is 1.95. The summed E-state index contributed by atoms with van der Waals surface area (Å²) in [5.41, 5.74) is 7.37. The van der Waals surface area contributed by atoms with E-state index in [0.717, 1.165) is 12.0 Å². The molecule has 17 heavy (non-hydrogen) atoms. The van der Waals surface area contributed by atoms with E-state index in [2.05, 4.69) is 30.3 Å². The first-order valence-corrected chi connectivity index (χ1v) is 6.40. The first-order chi connectivity index (χ1) is 8.33. The zero-order valence-corrected chi connectivity index (χ0v) is 10.1. The zero-order valence-electron chi connectivity index (χ0n) is 9.30. The van der Waals surface area contributed by atoms with Crippen LogP contribution in [0.5, 0.6) is 0 Å². The number of hydrogen-bond donors (Lipinski definition) is 1. The SMILES string of the molecule is NC(Cc1ccoc1)c1cc2ccccc2s1. The van der Waals surface area contributed by atoms with Gasteiger partial charge in [-0.1, -0.05) is 18.2 Å². The van der Waals surface area contributed by atoms with Gasteiger partial charge in [-0.3, -0.25) is 0 Å². The summed E-state index contributed by atoms with van der Waals surface area (Å²) in [5.74, 6) is 0. The molecular formula is C14H13NOS. The summed E-state index contributed by atoms with van der Waals surface area (Å²) in [4.78, 5) is 1.23. The van der Waals surface area contributed by atoms with E-state index in [4.69, 9.17) is 10.2 Å². The number of nitrogens with two attached hydrogens (primary N) is 1. The first-order valence-electron chi connectivity index (χ1n) is 5.58. The Hall–Kier alpha value is -1.58. The molecule has 1 aromatic carbocycles. The van der Waals surface area contributed by atoms with Crippen molar-refractivity contribution in [3.8, 4) is 0 Å². The highest BCUT2D eigenvalue weighted by atomic mass is 32.1. The van der Waals surface area contributed by atoms with E-state index < -0.39 is 0 Å². The van der Waals surface area contributed by atoms with Gasteiger partial charge in [0.15, 0.2) is 0 Å². The maximum absolute atomic E-state index is 6.22. The minimum Gasteiger partial charge on any atom is -0.472 e. The van der Waals surface area contributed by atoms with Crippen LogP contribution in [0, 0.1) is 0 Å². The highest BCUT2D eigenvalue weighted by Crippen LogP contribution is 2.30. The molecule has 0 aliphatic heterocycles. The predicted molar refractivity (Wildman–Crippen MR) is 71.2 cm³/mol. The van der Waals surface area contributed by atoms with Crippen LogP contribution >= 0.6 is 11.3 Å². The van der Waals surface area contributed by atoms with E-state index in [-0.39, 0.29) is 6.04 Å². The number of hydrogen-bond acceptors (Lipinski definition) is 3. The van der Waals surface area contributed by atoms with E-state index >= 15 is 0 Å². The summed E-state index contributed by atoms with van der Waals surface area (Å²) in [6.07, 6.45) is 4.27. The molecule has 0 aliphatic rings. The van der Waals surface area contributed by atoms with Gasteiger partial charge in [-0.2, -0.15) is 0 Å². The van der Waals surface area contributed by atoms with E-state index in [1.54, 1.807) is 23.9 Å². The summed E-state index contributed by atoms with van der Waals surface area (Å²) < 4.78 is 6.35. The maximum Gasteiger partial charge on any atom is 0.0935 e. The fourth-order valence-corrected chi connectivity index (χ4v) is 3.01. The smallest absolute Gasteiger partial charge is 0.0935 e. The maximum atomic E-state index is 6.22. The van der Waals surface area contributed by atoms with Crippen molar-refractivity contribution in [3.63, 3.8) is 0 Å². The molecule has 0 radical (unpaired) electrons. The molecule has 2 N–H and O–H groups in total. The minimum absolute atomic E-state index is 0.0463. The number of furan rings is 1. The van der Waals surface area contributed by atoms with Crippen LogP contribution in [-0.2, 0) is 6.42 Å². The van der Waals surface area contributed by atoms with Crippen molar-refractivity contribution in [2.45, 2.75) is 12.5 Å². The second-order valence-corrected chi connectivity index (χ2v) is 5.24. The van der Waals surface area contributed by atoms with E-state index in [9.17, 15) is 0 Å². The third-order valence-electron chi connectivity index (χ3n) is 2.85. The Kier molecular flexibility index (Phi) is 2.71. The number of thiophene rings is 1. The normalized spacial score (nSPS) is 13.0. The average molecular weight is 243 g/mol. The average Bonchev–Trinajstić information content (AvgIpc) is 2.96. The van der Waals surface area contributed by atoms with Gasteiger partial charge in [0.05, 0.1) is 12.5 Å². The van der Waals surface area contributed by atoms with Crippen molar-refractivity contribution in [3.05, 3.63) is 59.4 Å². The molecule has 0 spiro atoms. The van der Waals surface area contributed by atoms with Crippen LogP contribution < -0.4 is 5.73 Å². The highest BCUT2D eigenvalue weighted by Gasteiger charge is 2.11. The number of benzene rings is 1. The Morgan fingerprint density at radius 1 is 1.24 bits per heavy atom. The molecule has 3 aromatic rings. The van der Waals surface area contributed by atoms with Gasteiger partial charge < -0.3 is 10.2 Å². The molecule has 0 bridgehead atoms. The van der Waals surface area contributed by atoms with Crippen LogP contribution in [0.4, 0.5) is 0 Å². The van der Waals surface area contributed by atoms with E-state index in [0.29, 0.717) is 0 Å². The molecule has 3 rings (SSSR count). The molecular weight excluding hydrogens is 230 g/mol. The van der Waals surface area contributed by atoms with Crippen LogP contribution in [0.3, 0.4) is 0 Å². The van der Waals surface area contributed by atoms with E-state index in [1.807, 2.05) is 6.07 Å². The van der Waals surface area contributed by atoms with Crippen LogP contribution in [0.15, 0.2) is 53.3 Å². The van der Waals surface area contributed by atoms with E-state index in [1.165, 1.54) is 15.0 Å². The van der Waals surface area contributed by atoms with Gasteiger partial charge >= 0.3 is 0 Å². The quantitative estimate of drug-likeness (QED) is 0.761. The van der Waals surface area contributed by atoms with Crippen LogP contribution in [-0.4, -0.2) is 0 Å². The fraction of sp³-hybridized carbons (Fsp3) is 0.143. The minimum atomic E-state index is 0.0463. The Morgan fingerprint density at radius 3 is 2.88 bits per heavy atom. The first kappa shape index (κ1) is 10.6. The molecule has 2 heterocycles. The van der Waals surface area contributed by atoms with Crippen molar-refractivity contribution in [1.82, 2.24) is 0 Å². The van der Waals surface area contributed by atoms with Crippen molar-refractivity contribution in [1.29, 1.82) is 0 Å². The number of fused-ring (bicyclic) bond motifs is 1. The molecule has 1 atom stereocenters. The molecule has 1 unspecified atom stereocenters. The van der Waals surface area contributed by atoms with Crippen LogP contribution in [0.1, 0.15) is 16.5 Å². The lowest BCUT2D eigenvalue weighted by atomic mass is 10.1.